The van der Waals surface area contributed by atoms with Crippen LogP contribution in [0.4, 0.5) is 5.69 Å². The van der Waals surface area contributed by atoms with Gasteiger partial charge in [0, 0.05) is 18.3 Å². The van der Waals surface area contributed by atoms with Crippen molar-refractivity contribution in [3.63, 3.8) is 0 Å². The van der Waals surface area contributed by atoms with Crippen molar-refractivity contribution in [3.8, 4) is 11.4 Å². The topological polar surface area (TPSA) is 102 Å². The highest BCUT2D eigenvalue weighted by atomic mass is 16.5. The average Bonchev–Trinajstić information content (AvgIpc) is 3.27. The van der Waals surface area contributed by atoms with Gasteiger partial charge in [-0.05, 0) is 47.2 Å². The summed E-state index contributed by atoms with van der Waals surface area (Å²) in [5.41, 5.74) is 2.27. The molecule has 2 aromatic carbocycles. The summed E-state index contributed by atoms with van der Waals surface area (Å²) in [5.74, 6) is 0.266. The van der Waals surface area contributed by atoms with Crippen molar-refractivity contribution in [3.05, 3.63) is 60.4 Å². The summed E-state index contributed by atoms with van der Waals surface area (Å²) >= 11 is 0. The fourth-order valence-corrected chi connectivity index (χ4v) is 2.78. The molecule has 0 bridgehead atoms. The van der Waals surface area contributed by atoms with Crippen LogP contribution in [0.1, 0.15) is 12.5 Å². The Hall–Kier alpha value is -3.75. The Morgan fingerprint density at radius 2 is 1.97 bits per heavy atom. The zero-order valence-corrected chi connectivity index (χ0v) is 16.3. The predicted octanol–water partition coefficient (Wildman–Crippen LogP) is 1.70. The zero-order valence-electron chi connectivity index (χ0n) is 16.3. The molecular weight excluding hydrogens is 372 g/mol. The van der Waals surface area contributed by atoms with E-state index in [2.05, 4.69) is 20.8 Å². The van der Waals surface area contributed by atoms with Gasteiger partial charge in [0.25, 0.3) is 0 Å². The Bertz CT molecular complexity index is 957. The Morgan fingerprint density at radius 3 is 2.62 bits per heavy atom. The maximum Gasteiger partial charge on any atom is 0.243 e. The quantitative estimate of drug-likeness (QED) is 0.624. The Labute approximate surface area is 168 Å². The second-order valence-electron chi connectivity index (χ2n) is 6.29. The first kappa shape index (κ1) is 20.0. The highest BCUT2D eigenvalue weighted by Crippen LogP contribution is 2.16. The molecule has 9 nitrogen and oxygen atoms in total. The molecule has 0 aliphatic carbocycles. The molecule has 0 saturated heterocycles. The largest absolute Gasteiger partial charge is 0.497 e. The van der Waals surface area contributed by atoms with Crippen molar-refractivity contribution in [2.45, 2.75) is 13.3 Å². The number of nitrogens with zero attached hydrogens (tertiary/aromatic N) is 5. The zero-order chi connectivity index (χ0) is 20.6. The lowest BCUT2D eigenvalue weighted by molar-refractivity contribution is -0.133. The van der Waals surface area contributed by atoms with E-state index in [0.29, 0.717) is 18.0 Å². The van der Waals surface area contributed by atoms with E-state index in [1.165, 1.54) is 15.9 Å². The van der Waals surface area contributed by atoms with Crippen LogP contribution >= 0.6 is 0 Å². The molecule has 3 rings (SSSR count). The van der Waals surface area contributed by atoms with Gasteiger partial charge in [0.1, 0.15) is 12.1 Å². The number of benzene rings is 2. The van der Waals surface area contributed by atoms with Crippen molar-refractivity contribution in [1.29, 1.82) is 0 Å². The van der Waals surface area contributed by atoms with E-state index >= 15 is 0 Å². The van der Waals surface area contributed by atoms with Crippen molar-refractivity contribution in [2.24, 2.45) is 0 Å². The molecule has 29 heavy (non-hydrogen) atoms. The summed E-state index contributed by atoms with van der Waals surface area (Å²) in [5, 5.41) is 13.8. The standard InChI is InChI=1S/C20H22N6O3/c1-3-25(13-19(27)22-16-5-4-6-18(12-16)29-2)20(28)11-15-7-9-17(10-8-15)26-14-21-23-24-26/h4-10,12,14H,3,11,13H2,1-2H3,(H,22,27). The number of hydrogen-bond acceptors (Lipinski definition) is 6. The maximum absolute atomic E-state index is 12.6. The molecule has 1 N–H and O–H groups in total. The minimum absolute atomic E-state index is 0.0186. The summed E-state index contributed by atoms with van der Waals surface area (Å²) in [7, 11) is 1.56. The number of carbonyl (C=O) groups is 2. The molecule has 150 valence electrons. The summed E-state index contributed by atoms with van der Waals surface area (Å²) in [6.45, 7) is 2.26. The molecule has 3 aromatic rings. The van der Waals surface area contributed by atoms with E-state index in [9.17, 15) is 9.59 Å². The smallest absolute Gasteiger partial charge is 0.243 e. The highest BCUT2D eigenvalue weighted by Gasteiger charge is 2.16. The van der Waals surface area contributed by atoms with Crippen LogP contribution in [0.2, 0.25) is 0 Å². The number of amides is 2. The molecular formula is C20H22N6O3. The molecule has 0 spiro atoms. The van der Waals surface area contributed by atoms with Crippen LogP contribution in [-0.2, 0) is 16.0 Å². The molecule has 0 atom stereocenters. The van der Waals surface area contributed by atoms with Gasteiger partial charge in [0.2, 0.25) is 11.8 Å². The molecule has 9 heteroatoms. The van der Waals surface area contributed by atoms with Gasteiger partial charge in [-0.25, -0.2) is 4.68 Å². The number of rotatable bonds is 8. The van der Waals surface area contributed by atoms with Gasteiger partial charge in [-0.3, -0.25) is 9.59 Å². The van der Waals surface area contributed by atoms with E-state index < -0.39 is 0 Å². The summed E-state index contributed by atoms with van der Waals surface area (Å²) in [4.78, 5) is 26.5. The third-order valence-electron chi connectivity index (χ3n) is 4.33. The molecule has 2 amide bonds. The number of likely N-dealkylation sites (N-methyl/N-ethyl adjacent to an activating group) is 1. The van der Waals surface area contributed by atoms with Crippen LogP contribution in [0.5, 0.6) is 5.75 Å². The monoisotopic (exact) mass is 394 g/mol. The third-order valence-corrected chi connectivity index (χ3v) is 4.33. The molecule has 0 fully saturated rings. The number of anilines is 1. The SMILES string of the molecule is CCN(CC(=O)Nc1cccc(OC)c1)C(=O)Cc1ccc(-n2cnnn2)cc1. The Morgan fingerprint density at radius 1 is 1.17 bits per heavy atom. The maximum atomic E-state index is 12.6. The van der Waals surface area contributed by atoms with Crippen LogP contribution in [0, 0.1) is 0 Å². The number of aromatic nitrogens is 4. The van der Waals surface area contributed by atoms with Gasteiger partial charge in [-0.2, -0.15) is 0 Å². The first-order valence-corrected chi connectivity index (χ1v) is 9.13. The molecule has 0 saturated carbocycles. The highest BCUT2D eigenvalue weighted by molar-refractivity contribution is 5.94. The molecule has 0 aliphatic rings. The minimum atomic E-state index is -0.262. The second kappa shape index (κ2) is 9.45. The van der Waals surface area contributed by atoms with Gasteiger partial charge < -0.3 is 15.0 Å². The van der Waals surface area contributed by atoms with E-state index in [4.69, 9.17) is 4.74 Å². The summed E-state index contributed by atoms with van der Waals surface area (Å²) < 4.78 is 6.68. The lowest BCUT2D eigenvalue weighted by atomic mass is 10.1. The van der Waals surface area contributed by atoms with Gasteiger partial charge in [0.15, 0.2) is 0 Å². The average molecular weight is 394 g/mol. The van der Waals surface area contributed by atoms with Crippen LogP contribution < -0.4 is 10.1 Å². The lowest BCUT2D eigenvalue weighted by Gasteiger charge is -2.20. The van der Waals surface area contributed by atoms with E-state index in [1.54, 1.807) is 31.4 Å². The third kappa shape index (κ3) is 5.38. The molecule has 0 aliphatic heterocycles. The summed E-state index contributed by atoms with van der Waals surface area (Å²) in [6.07, 6.45) is 1.70. The number of ether oxygens (including phenoxy) is 1. The van der Waals surface area contributed by atoms with Crippen LogP contribution in [-0.4, -0.2) is 57.1 Å². The Balaban J connectivity index is 1.57. The fourth-order valence-electron chi connectivity index (χ4n) is 2.78. The number of methoxy groups -OCH3 is 1. The second-order valence-corrected chi connectivity index (χ2v) is 6.29. The van der Waals surface area contributed by atoms with E-state index in [-0.39, 0.29) is 24.8 Å². The number of hydrogen-bond donors (Lipinski definition) is 1. The first-order chi connectivity index (χ1) is 14.1. The fraction of sp³-hybridized carbons (Fsp3) is 0.250. The first-order valence-electron chi connectivity index (χ1n) is 9.13. The van der Waals surface area contributed by atoms with E-state index in [0.717, 1.165) is 11.3 Å². The minimum Gasteiger partial charge on any atom is -0.497 e. The Kier molecular flexibility index (Phi) is 6.51. The normalized spacial score (nSPS) is 10.4. The van der Waals surface area contributed by atoms with Crippen LogP contribution in [0.15, 0.2) is 54.9 Å². The lowest BCUT2D eigenvalue weighted by Crippen LogP contribution is -2.38. The predicted molar refractivity (Wildman–Crippen MR) is 107 cm³/mol. The van der Waals surface area contributed by atoms with Crippen molar-refractivity contribution in [2.75, 3.05) is 25.5 Å². The number of tetrazole rings is 1. The number of nitrogens with one attached hydrogen (secondary N) is 1. The van der Waals surface area contributed by atoms with Crippen molar-refractivity contribution >= 4 is 17.5 Å². The van der Waals surface area contributed by atoms with Crippen molar-refractivity contribution < 1.29 is 14.3 Å². The molecule has 1 aromatic heterocycles. The molecule has 1 heterocycles. The van der Waals surface area contributed by atoms with Gasteiger partial charge in [0.05, 0.1) is 25.8 Å². The molecule has 0 unspecified atom stereocenters. The van der Waals surface area contributed by atoms with Crippen LogP contribution in [0.3, 0.4) is 0 Å². The van der Waals surface area contributed by atoms with Crippen molar-refractivity contribution in [1.82, 2.24) is 25.1 Å². The summed E-state index contributed by atoms with van der Waals surface area (Å²) in [6, 6.07) is 14.4. The van der Waals surface area contributed by atoms with Crippen LogP contribution in [0.25, 0.3) is 5.69 Å². The molecule has 0 radical (unpaired) electrons. The van der Waals surface area contributed by atoms with Gasteiger partial charge >= 0.3 is 0 Å². The van der Waals surface area contributed by atoms with Gasteiger partial charge in [-0.15, -0.1) is 5.10 Å². The number of carbonyl (C=O) groups excluding carboxylic acids is 2. The van der Waals surface area contributed by atoms with Gasteiger partial charge in [-0.1, -0.05) is 18.2 Å². The van der Waals surface area contributed by atoms with E-state index in [1.807, 2.05) is 31.2 Å².